The molecule has 2 heterocycles. The van der Waals surface area contributed by atoms with Gasteiger partial charge in [-0.3, -0.25) is 15.0 Å². The van der Waals surface area contributed by atoms with Crippen LogP contribution in [0.2, 0.25) is 0 Å². The van der Waals surface area contributed by atoms with Crippen LogP contribution in [0.1, 0.15) is 13.8 Å². The van der Waals surface area contributed by atoms with Crippen molar-refractivity contribution in [2.24, 2.45) is 0 Å². The van der Waals surface area contributed by atoms with Crippen molar-refractivity contribution in [2.75, 3.05) is 13.2 Å². The maximum atomic E-state index is 10.9. The average molecular weight is 317 g/mol. The van der Waals surface area contributed by atoms with E-state index in [1.54, 1.807) is 23.1 Å². The van der Waals surface area contributed by atoms with Crippen molar-refractivity contribution in [3.63, 3.8) is 0 Å². The molecule has 1 aromatic carbocycles. The highest BCUT2D eigenvalue weighted by molar-refractivity contribution is 5.58. The van der Waals surface area contributed by atoms with E-state index in [0.717, 1.165) is 6.54 Å². The number of ether oxygens (including phenoxy) is 1. The molecule has 1 saturated heterocycles. The third kappa shape index (κ3) is 3.54. The molecule has 122 valence electrons. The minimum atomic E-state index is -0.419. The van der Waals surface area contributed by atoms with Gasteiger partial charge in [0, 0.05) is 30.3 Å². The summed E-state index contributed by atoms with van der Waals surface area (Å²) in [5.74, 6) is 0.489. The van der Waals surface area contributed by atoms with E-state index in [-0.39, 0.29) is 11.8 Å². The number of rotatable bonds is 4. The predicted octanol–water partition coefficient (Wildman–Crippen LogP) is 1.92. The number of hydrogen-bond donors (Lipinski definition) is 0. The van der Waals surface area contributed by atoms with E-state index in [1.165, 1.54) is 12.1 Å². The van der Waals surface area contributed by atoms with Crippen molar-refractivity contribution >= 4 is 5.69 Å². The van der Waals surface area contributed by atoms with Crippen LogP contribution >= 0.6 is 0 Å². The van der Waals surface area contributed by atoms with E-state index in [2.05, 4.69) is 28.8 Å². The van der Waals surface area contributed by atoms with Crippen LogP contribution in [0.3, 0.4) is 0 Å². The van der Waals surface area contributed by atoms with E-state index < -0.39 is 4.92 Å². The Bertz CT molecular complexity index is 702. The first kappa shape index (κ1) is 15.6. The van der Waals surface area contributed by atoms with Gasteiger partial charge in [-0.2, -0.15) is 0 Å². The van der Waals surface area contributed by atoms with Gasteiger partial charge < -0.3 is 4.74 Å². The SMILES string of the molecule is C[C@@H]1CO[C@@H](C)CN1Cn1cnc(-c2cccc([N+](=O)[O-])c2)n1. The number of nitro benzene ring substituents is 1. The number of morpholine rings is 1. The van der Waals surface area contributed by atoms with Gasteiger partial charge in [-0.05, 0) is 13.8 Å². The molecule has 1 fully saturated rings. The van der Waals surface area contributed by atoms with Gasteiger partial charge in [-0.25, -0.2) is 9.67 Å². The van der Waals surface area contributed by atoms with Gasteiger partial charge in [0.25, 0.3) is 5.69 Å². The lowest BCUT2D eigenvalue weighted by Gasteiger charge is -2.36. The van der Waals surface area contributed by atoms with Crippen LogP contribution in [0.25, 0.3) is 11.4 Å². The number of non-ortho nitro benzene ring substituents is 1. The molecule has 0 bridgehead atoms. The lowest BCUT2D eigenvalue weighted by atomic mass is 10.2. The van der Waals surface area contributed by atoms with Gasteiger partial charge in [0.2, 0.25) is 0 Å². The van der Waals surface area contributed by atoms with Crippen molar-refractivity contribution in [3.05, 3.63) is 40.7 Å². The molecule has 1 aromatic heterocycles. The van der Waals surface area contributed by atoms with Crippen molar-refractivity contribution in [2.45, 2.75) is 32.7 Å². The lowest BCUT2D eigenvalue weighted by molar-refractivity contribution is -0.384. The van der Waals surface area contributed by atoms with Crippen LogP contribution < -0.4 is 0 Å². The normalized spacial score (nSPS) is 22.2. The fourth-order valence-corrected chi connectivity index (χ4v) is 2.61. The zero-order chi connectivity index (χ0) is 16.4. The van der Waals surface area contributed by atoms with Crippen LogP contribution in [-0.2, 0) is 11.4 Å². The molecule has 2 aromatic rings. The van der Waals surface area contributed by atoms with E-state index in [1.807, 2.05) is 0 Å². The molecule has 1 aliphatic rings. The molecule has 3 rings (SSSR count). The molecule has 0 spiro atoms. The van der Waals surface area contributed by atoms with E-state index in [4.69, 9.17) is 4.74 Å². The molecule has 1 aliphatic heterocycles. The first-order valence-corrected chi connectivity index (χ1v) is 7.53. The number of nitro groups is 1. The van der Waals surface area contributed by atoms with Gasteiger partial charge in [0.1, 0.15) is 6.33 Å². The number of benzene rings is 1. The Hall–Kier alpha value is -2.32. The first-order chi connectivity index (χ1) is 11.0. The topological polar surface area (TPSA) is 86.3 Å². The van der Waals surface area contributed by atoms with E-state index >= 15 is 0 Å². The second-order valence-corrected chi connectivity index (χ2v) is 5.82. The summed E-state index contributed by atoms with van der Waals surface area (Å²) in [7, 11) is 0. The van der Waals surface area contributed by atoms with Gasteiger partial charge in [0.05, 0.1) is 24.3 Å². The smallest absolute Gasteiger partial charge is 0.270 e. The van der Waals surface area contributed by atoms with Gasteiger partial charge in [-0.15, -0.1) is 5.10 Å². The minimum Gasteiger partial charge on any atom is -0.376 e. The maximum Gasteiger partial charge on any atom is 0.270 e. The number of nitrogens with zero attached hydrogens (tertiary/aromatic N) is 5. The quantitative estimate of drug-likeness (QED) is 0.632. The molecule has 8 nitrogen and oxygen atoms in total. The van der Waals surface area contributed by atoms with Gasteiger partial charge in [0.15, 0.2) is 5.82 Å². The minimum absolute atomic E-state index is 0.0366. The van der Waals surface area contributed by atoms with Gasteiger partial charge in [-0.1, -0.05) is 12.1 Å². The maximum absolute atomic E-state index is 10.9. The molecule has 0 radical (unpaired) electrons. The Kier molecular flexibility index (Phi) is 4.35. The second-order valence-electron chi connectivity index (χ2n) is 5.82. The van der Waals surface area contributed by atoms with Gasteiger partial charge >= 0.3 is 0 Å². The second kappa shape index (κ2) is 6.43. The van der Waals surface area contributed by atoms with E-state index in [9.17, 15) is 10.1 Å². The van der Waals surface area contributed by atoms with Crippen LogP contribution in [0.5, 0.6) is 0 Å². The fourth-order valence-electron chi connectivity index (χ4n) is 2.61. The van der Waals surface area contributed by atoms with Crippen molar-refractivity contribution in [1.82, 2.24) is 19.7 Å². The molecule has 0 unspecified atom stereocenters. The molecule has 0 amide bonds. The Labute approximate surface area is 133 Å². The standard InChI is InChI=1S/C15H19N5O3/c1-11-8-23-12(2)7-18(11)10-19-9-16-15(17-19)13-4-3-5-14(6-13)20(21)22/h3-6,9,11-12H,7-8,10H2,1-2H3/t11-,12+/m1/s1. The summed E-state index contributed by atoms with van der Waals surface area (Å²) in [6.07, 6.45) is 1.85. The van der Waals surface area contributed by atoms with Crippen LogP contribution in [0, 0.1) is 10.1 Å². The third-order valence-electron chi connectivity index (χ3n) is 3.92. The molecule has 0 N–H and O–H groups in total. The molecular weight excluding hydrogens is 298 g/mol. The summed E-state index contributed by atoms with van der Waals surface area (Å²) in [6, 6.07) is 6.67. The number of hydrogen-bond acceptors (Lipinski definition) is 6. The predicted molar refractivity (Wildman–Crippen MR) is 83.7 cm³/mol. The Balaban J connectivity index is 1.75. The molecular formula is C15H19N5O3. The zero-order valence-corrected chi connectivity index (χ0v) is 13.1. The first-order valence-electron chi connectivity index (χ1n) is 7.53. The Morgan fingerprint density at radius 2 is 2.26 bits per heavy atom. The van der Waals surface area contributed by atoms with E-state index in [0.29, 0.717) is 30.7 Å². The molecule has 23 heavy (non-hydrogen) atoms. The van der Waals surface area contributed by atoms with Crippen molar-refractivity contribution in [3.8, 4) is 11.4 Å². The fraction of sp³-hybridized carbons (Fsp3) is 0.467. The lowest BCUT2D eigenvalue weighted by Crippen LogP contribution is -2.47. The summed E-state index contributed by atoms with van der Waals surface area (Å²) in [4.78, 5) is 17.0. The van der Waals surface area contributed by atoms with Crippen LogP contribution in [0.4, 0.5) is 5.69 Å². The zero-order valence-electron chi connectivity index (χ0n) is 13.1. The largest absolute Gasteiger partial charge is 0.376 e. The summed E-state index contributed by atoms with van der Waals surface area (Å²) < 4.78 is 7.37. The molecule has 0 aliphatic carbocycles. The average Bonchev–Trinajstić information content (AvgIpc) is 3.00. The summed E-state index contributed by atoms with van der Waals surface area (Å²) in [6.45, 7) is 6.33. The molecule has 2 atom stereocenters. The highest BCUT2D eigenvalue weighted by atomic mass is 16.6. The highest BCUT2D eigenvalue weighted by Crippen LogP contribution is 2.21. The Morgan fingerprint density at radius 3 is 3.04 bits per heavy atom. The summed E-state index contributed by atoms with van der Waals surface area (Å²) in [5, 5.41) is 15.3. The van der Waals surface area contributed by atoms with Crippen molar-refractivity contribution < 1.29 is 9.66 Å². The molecule has 0 saturated carbocycles. The highest BCUT2D eigenvalue weighted by Gasteiger charge is 2.23. The number of aromatic nitrogens is 3. The Morgan fingerprint density at radius 1 is 1.43 bits per heavy atom. The van der Waals surface area contributed by atoms with Crippen LogP contribution in [0.15, 0.2) is 30.6 Å². The summed E-state index contributed by atoms with van der Waals surface area (Å²) in [5.41, 5.74) is 0.677. The third-order valence-corrected chi connectivity index (χ3v) is 3.92. The van der Waals surface area contributed by atoms with Crippen molar-refractivity contribution in [1.29, 1.82) is 0 Å². The van der Waals surface area contributed by atoms with Crippen LogP contribution in [-0.4, -0.2) is 49.9 Å². The summed E-state index contributed by atoms with van der Waals surface area (Å²) >= 11 is 0. The molecule has 8 heteroatoms. The monoisotopic (exact) mass is 317 g/mol.